The smallest absolute Gasteiger partial charge is 0.229 e. The fraction of sp³-hybridized carbons (Fsp3) is 0.263. The van der Waals surface area contributed by atoms with Crippen molar-refractivity contribution in [3.8, 4) is 5.75 Å². The fourth-order valence-electron chi connectivity index (χ4n) is 2.96. The van der Waals surface area contributed by atoms with Crippen molar-refractivity contribution in [3.05, 3.63) is 53.6 Å². The van der Waals surface area contributed by atoms with Gasteiger partial charge in [-0.2, -0.15) is 0 Å². The first-order chi connectivity index (χ1) is 11.5. The lowest BCUT2D eigenvalue weighted by Gasteiger charge is -2.20. The molecule has 1 heterocycles. The number of aromatic hydroxyl groups is 1. The highest BCUT2D eigenvalue weighted by Crippen LogP contribution is 2.30. The van der Waals surface area contributed by atoms with E-state index in [1.54, 1.807) is 23.1 Å². The van der Waals surface area contributed by atoms with Crippen LogP contribution in [0.3, 0.4) is 0 Å². The predicted octanol–water partition coefficient (Wildman–Crippen LogP) is 3.00. The van der Waals surface area contributed by atoms with Crippen LogP contribution in [0.1, 0.15) is 17.5 Å². The minimum atomic E-state index is -0.433. The number of carbonyl (C=O) groups excluding carboxylic acids is 2. The monoisotopic (exact) mass is 324 g/mol. The van der Waals surface area contributed by atoms with E-state index in [4.69, 9.17) is 0 Å². The molecule has 5 nitrogen and oxygen atoms in total. The number of hydrogen-bond donors (Lipinski definition) is 2. The summed E-state index contributed by atoms with van der Waals surface area (Å²) in [6.45, 7) is 4.33. The van der Waals surface area contributed by atoms with Gasteiger partial charge in [-0.15, -0.1) is 0 Å². The Hall–Kier alpha value is -2.82. The third-order valence-corrected chi connectivity index (χ3v) is 4.52. The minimum Gasteiger partial charge on any atom is -0.506 e. The Morgan fingerprint density at radius 1 is 1.17 bits per heavy atom. The molecule has 0 radical (unpaired) electrons. The maximum atomic E-state index is 12.4. The number of carbonyl (C=O) groups is 2. The molecule has 3 rings (SSSR count). The molecule has 0 aliphatic carbocycles. The first kappa shape index (κ1) is 16.1. The van der Waals surface area contributed by atoms with E-state index in [1.165, 1.54) is 6.07 Å². The number of anilines is 2. The summed E-state index contributed by atoms with van der Waals surface area (Å²) < 4.78 is 0. The van der Waals surface area contributed by atoms with Gasteiger partial charge in [0.2, 0.25) is 11.8 Å². The average Bonchev–Trinajstić information content (AvgIpc) is 2.94. The van der Waals surface area contributed by atoms with E-state index in [0.717, 1.165) is 16.8 Å². The number of para-hydroxylation sites is 2. The Morgan fingerprint density at radius 2 is 1.92 bits per heavy atom. The summed E-state index contributed by atoms with van der Waals surface area (Å²) >= 11 is 0. The SMILES string of the molecule is Cc1cccc(N2CC(C(=O)Nc3ccccc3O)CC2=O)c1C. The summed E-state index contributed by atoms with van der Waals surface area (Å²) in [5, 5.41) is 12.5. The molecule has 1 unspecified atom stereocenters. The van der Waals surface area contributed by atoms with Gasteiger partial charge in [0.15, 0.2) is 0 Å². The van der Waals surface area contributed by atoms with Crippen molar-refractivity contribution < 1.29 is 14.7 Å². The molecule has 1 fully saturated rings. The van der Waals surface area contributed by atoms with Crippen LogP contribution in [-0.4, -0.2) is 23.5 Å². The van der Waals surface area contributed by atoms with Gasteiger partial charge < -0.3 is 15.3 Å². The van der Waals surface area contributed by atoms with Gasteiger partial charge in [-0.25, -0.2) is 0 Å². The maximum absolute atomic E-state index is 12.4. The third-order valence-electron chi connectivity index (χ3n) is 4.52. The minimum absolute atomic E-state index is 0.0153. The van der Waals surface area contributed by atoms with Gasteiger partial charge in [-0.1, -0.05) is 24.3 Å². The number of phenolic OH excluding ortho intramolecular Hbond substituents is 1. The third kappa shape index (κ3) is 2.97. The number of phenols is 1. The number of benzene rings is 2. The van der Waals surface area contributed by atoms with Crippen molar-refractivity contribution in [1.82, 2.24) is 0 Å². The first-order valence-corrected chi connectivity index (χ1v) is 7.93. The predicted molar refractivity (Wildman–Crippen MR) is 93.1 cm³/mol. The van der Waals surface area contributed by atoms with Crippen LogP contribution in [0.25, 0.3) is 0 Å². The van der Waals surface area contributed by atoms with Crippen LogP contribution in [0, 0.1) is 19.8 Å². The van der Waals surface area contributed by atoms with Crippen molar-refractivity contribution in [2.75, 3.05) is 16.8 Å². The largest absolute Gasteiger partial charge is 0.506 e. The molecule has 2 amide bonds. The number of amides is 2. The first-order valence-electron chi connectivity index (χ1n) is 7.93. The molecule has 1 atom stereocenters. The lowest BCUT2D eigenvalue weighted by Crippen LogP contribution is -2.28. The van der Waals surface area contributed by atoms with Gasteiger partial charge in [-0.3, -0.25) is 9.59 Å². The topological polar surface area (TPSA) is 69.6 Å². The second-order valence-corrected chi connectivity index (χ2v) is 6.13. The van der Waals surface area contributed by atoms with Crippen LogP contribution in [0.4, 0.5) is 11.4 Å². The molecule has 5 heteroatoms. The van der Waals surface area contributed by atoms with Gasteiger partial charge in [0.25, 0.3) is 0 Å². The van der Waals surface area contributed by atoms with Gasteiger partial charge in [0.05, 0.1) is 11.6 Å². The van der Waals surface area contributed by atoms with Gasteiger partial charge in [-0.05, 0) is 43.2 Å². The molecule has 1 aliphatic rings. The highest BCUT2D eigenvalue weighted by atomic mass is 16.3. The van der Waals surface area contributed by atoms with E-state index < -0.39 is 5.92 Å². The summed E-state index contributed by atoms with van der Waals surface area (Å²) in [6, 6.07) is 12.4. The van der Waals surface area contributed by atoms with E-state index in [1.807, 2.05) is 32.0 Å². The second kappa shape index (κ2) is 6.35. The van der Waals surface area contributed by atoms with E-state index >= 15 is 0 Å². The molecule has 0 aromatic heterocycles. The number of nitrogens with one attached hydrogen (secondary N) is 1. The Balaban J connectivity index is 1.76. The van der Waals surface area contributed by atoms with Crippen LogP contribution in [0.5, 0.6) is 5.75 Å². The van der Waals surface area contributed by atoms with Crippen LogP contribution in [0.2, 0.25) is 0 Å². The lowest BCUT2D eigenvalue weighted by atomic mass is 10.1. The van der Waals surface area contributed by atoms with Gasteiger partial charge in [0, 0.05) is 18.7 Å². The average molecular weight is 324 g/mol. The molecule has 0 spiro atoms. The molecule has 2 aromatic carbocycles. The number of rotatable bonds is 3. The summed E-state index contributed by atoms with van der Waals surface area (Å²) in [5.41, 5.74) is 3.38. The Bertz CT molecular complexity index is 801. The molecule has 1 aliphatic heterocycles. The summed E-state index contributed by atoms with van der Waals surface area (Å²) in [7, 11) is 0. The zero-order valence-electron chi connectivity index (χ0n) is 13.7. The molecular weight excluding hydrogens is 304 g/mol. The number of aryl methyl sites for hydroxylation is 1. The van der Waals surface area contributed by atoms with E-state index in [9.17, 15) is 14.7 Å². The Kier molecular flexibility index (Phi) is 4.25. The van der Waals surface area contributed by atoms with Crippen molar-refractivity contribution in [2.45, 2.75) is 20.3 Å². The fourth-order valence-corrected chi connectivity index (χ4v) is 2.96. The van der Waals surface area contributed by atoms with E-state index in [0.29, 0.717) is 12.2 Å². The van der Waals surface area contributed by atoms with Crippen LogP contribution < -0.4 is 10.2 Å². The quantitative estimate of drug-likeness (QED) is 0.853. The molecule has 0 bridgehead atoms. The number of hydrogen-bond acceptors (Lipinski definition) is 3. The molecular formula is C19H20N2O3. The molecule has 2 aromatic rings. The molecule has 0 saturated carbocycles. The second-order valence-electron chi connectivity index (χ2n) is 6.13. The van der Waals surface area contributed by atoms with Crippen molar-refractivity contribution >= 4 is 23.2 Å². The molecule has 1 saturated heterocycles. The van der Waals surface area contributed by atoms with Crippen LogP contribution in [0.15, 0.2) is 42.5 Å². The molecule has 2 N–H and O–H groups in total. The zero-order chi connectivity index (χ0) is 17.3. The van der Waals surface area contributed by atoms with Crippen LogP contribution in [-0.2, 0) is 9.59 Å². The maximum Gasteiger partial charge on any atom is 0.229 e. The summed E-state index contributed by atoms with van der Waals surface area (Å²) in [5.74, 6) is -0.725. The highest BCUT2D eigenvalue weighted by Gasteiger charge is 2.35. The van der Waals surface area contributed by atoms with Crippen molar-refractivity contribution in [1.29, 1.82) is 0 Å². The van der Waals surface area contributed by atoms with E-state index in [2.05, 4.69) is 5.32 Å². The Labute approximate surface area is 140 Å². The zero-order valence-corrected chi connectivity index (χ0v) is 13.7. The van der Waals surface area contributed by atoms with Gasteiger partial charge >= 0.3 is 0 Å². The van der Waals surface area contributed by atoms with E-state index in [-0.39, 0.29) is 24.0 Å². The number of nitrogens with zero attached hydrogens (tertiary/aromatic N) is 1. The summed E-state index contributed by atoms with van der Waals surface area (Å²) in [6.07, 6.45) is 0.173. The normalized spacial score (nSPS) is 17.2. The van der Waals surface area contributed by atoms with Crippen molar-refractivity contribution in [2.24, 2.45) is 5.92 Å². The highest BCUT2D eigenvalue weighted by molar-refractivity contribution is 6.04. The standard InChI is InChI=1S/C19H20N2O3/c1-12-6-5-8-16(13(12)2)21-11-14(10-18(21)23)19(24)20-15-7-3-4-9-17(15)22/h3-9,14,22H,10-11H2,1-2H3,(H,20,24). The molecule has 124 valence electrons. The Morgan fingerprint density at radius 3 is 2.67 bits per heavy atom. The van der Waals surface area contributed by atoms with Crippen molar-refractivity contribution in [3.63, 3.8) is 0 Å². The lowest BCUT2D eigenvalue weighted by molar-refractivity contribution is -0.122. The summed E-state index contributed by atoms with van der Waals surface area (Å²) in [4.78, 5) is 26.5. The molecule has 24 heavy (non-hydrogen) atoms. The van der Waals surface area contributed by atoms with Gasteiger partial charge in [0.1, 0.15) is 5.75 Å². The van der Waals surface area contributed by atoms with Crippen LogP contribution >= 0.6 is 0 Å².